The number of aromatic nitrogens is 1. The Morgan fingerprint density at radius 2 is 2.12 bits per heavy atom. The summed E-state index contributed by atoms with van der Waals surface area (Å²) in [5.41, 5.74) is 7.93. The van der Waals surface area contributed by atoms with Gasteiger partial charge in [0.05, 0.1) is 22.3 Å². The van der Waals surface area contributed by atoms with E-state index >= 15 is 0 Å². The van der Waals surface area contributed by atoms with Crippen LogP contribution in [0.1, 0.15) is 5.56 Å². The third-order valence-electron chi connectivity index (χ3n) is 2.18. The van der Waals surface area contributed by atoms with Gasteiger partial charge in [-0.3, -0.25) is 4.98 Å². The monoisotopic (exact) mass is 229 g/mol. The second-order valence-corrected chi connectivity index (χ2v) is 3.66. The number of nitrogens with zero attached hydrogens (tertiary/aromatic N) is 2. The van der Waals surface area contributed by atoms with Gasteiger partial charge in [-0.2, -0.15) is 5.26 Å². The van der Waals surface area contributed by atoms with Crippen molar-refractivity contribution in [2.45, 2.75) is 0 Å². The Morgan fingerprint density at radius 3 is 2.81 bits per heavy atom. The Kier molecular flexibility index (Phi) is 2.76. The fraction of sp³-hybridized carbons (Fsp3) is 0. The first-order chi connectivity index (χ1) is 7.72. The number of nitriles is 1. The molecule has 0 aliphatic rings. The smallest absolute Gasteiger partial charge is 0.0999 e. The van der Waals surface area contributed by atoms with E-state index in [9.17, 15) is 0 Å². The molecular weight excluding hydrogens is 222 g/mol. The molecule has 2 N–H and O–H groups in total. The molecule has 0 fully saturated rings. The number of hydrogen-bond donors (Lipinski definition) is 1. The molecule has 4 heteroatoms. The van der Waals surface area contributed by atoms with Crippen LogP contribution < -0.4 is 5.73 Å². The zero-order chi connectivity index (χ0) is 11.5. The van der Waals surface area contributed by atoms with Crippen LogP contribution in [0.15, 0.2) is 36.5 Å². The number of nitrogen functional groups attached to an aromatic ring is 1. The lowest BCUT2D eigenvalue weighted by molar-refractivity contribution is 1.32. The van der Waals surface area contributed by atoms with E-state index in [1.165, 1.54) is 0 Å². The fourth-order valence-corrected chi connectivity index (χ4v) is 1.67. The molecule has 3 nitrogen and oxygen atoms in total. The first-order valence-corrected chi connectivity index (χ1v) is 5.00. The second kappa shape index (κ2) is 4.21. The molecule has 1 aromatic carbocycles. The number of halogens is 1. The Balaban J connectivity index is 2.66. The number of rotatable bonds is 1. The van der Waals surface area contributed by atoms with Crippen LogP contribution in [0, 0.1) is 11.3 Å². The number of anilines is 1. The van der Waals surface area contributed by atoms with E-state index < -0.39 is 0 Å². The van der Waals surface area contributed by atoms with Gasteiger partial charge in [0, 0.05) is 17.4 Å². The van der Waals surface area contributed by atoms with Crippen molar-refractivity contribution < 1.29 is 0 Å². The van der Waals surface area contributed by atoms with Gasteiger partial charge in [-0.05, 0) is 30.3 Å². The minimum Gasteiger partial charge on any atom is -0.399 e. The zero-order valence-electron chi connectivity index (χ0n) is 8.31. The van der Waals surface area contributed by atoms with Gasteiger partial charge < -0.3 is 5.73 Å². The lowest BCUT2D eigenvalue weighted by Crippen LogP contribution is -1.91. The van der Waals surface area contributed by atoms with Crippen molar-refractivity contribution in [1.29, 1.82) is 5.26 Å². The fourth-order valence-electron chi connectivity index (χ4n) is 1.44. The SMILES string of the molecule is N#Cc1cc(N)ccc1-c1ncccc1Cl. The van der Waals surface area contributed by atoms with Gasteiger partial charge in [0.2, 0.25) is 0 Å². The molecule has 0 atom stereocenters. The summed E-state index contributed by atoms with van der Waals surface area (Å²) in [6, 6.07) is 10.7. The van der Waals surface area contributed by atoms with Gasteiger partial charge in [-0.15, -0.1) is 0 Å². The van der Waals surface area contributed by atoms with E-state index in [0.717, 1.165) is 0 Å². The molecule has 0 aliphatic carbocycles. The molecule has 0 saturated heterocycles. The normalized spacial score (nSPS) is 9.75. The predicted octanol–water partition coefficient (Wildman–Crippen LogP) is 2.86. The summed E-state index contributed by atoms with van der Waals surface area (Å²) in [6.45, 7) is 0. The van der Waals surface area contributed by atoms with Crippen molar-refractivity contribution >= 4 is 17.3 Å². The van der Waals surface area contributed by atoms with Gasteiger partial charge in [-0.25, -0.2) is 0 Å². The van der Waals surface area contributed by atoms with Gasteiger partial charge in [0.1, 0.15) is 0 Å². The Morgan fingerprint density at radius 1 is 1.31 bits per heavy atom. The first-order valence-electron chi connectivity index (χ1n) is 4.63. The highest BCUT2D eigenvalue weighted by Gasteiger charge is 2.09. The van der Waals surface area contributed by atoms with Crippen LogP contribution in [0.25, 0.3) is 11.3 Å². The lowest BCUT2D eigenvalue weighted by atomic mass is 10.0. The van der Waals surface area contributed by atoms with E-state index in [1.807, 2.05) is 0 Å². The molecule has 0 unspecified atom stereocenters. The molecule has 1 aromatic heterocycles. The van der Waals surface area contributed by atoms with Gasteiger partial charge in [0.15, 0.2) is 0 Å². The van der Waals surface area contributed by atoms with Crippen molar-refractivity contribution in [1.82, 2.24) is 4.98 Å². The van der Waals surface area contributed by atoms with Gasteiger partial charge in [0.25, 0.3) is 0 Å². The molecule has 0 aliphatic heterocycles. The third-order valence-corrected chi connectivity index (χ3v) is 2.48. The van der Waals surface area contributed by atoms with Crippen molar-refractivity contribution in [3.8, 4) is 17.3 Å². The molecule has 0 saturated carbocycles. The van der Waals surface area contributed by atoms with Gasteiger partial charge in [-0.1, -0.05) is 11.6 Å². The summed E-state index contributed by atoms with van der Waals surface area (Å²) >= 11 is 6.02. The van der Waals surface area contributed by atoms with Crippen molar-refractivity contribution in [2.24, 2.45) is 0 Å². The number of pyridine rings is 1. The summed E-state index contributed by atoms with van der Waals surface area (Å²) in [7, 11) is 0. The zero-order valence-corrected chi connectivity index (χ0v) is 9.07. The summed E-state index contributed by atoms with van der Waals surface area (Å²) in [6.07, 6.45) is 1.64. The molecule has 0 bridgehead atoms. The molecule has 2 rings (SSSR count). The Labute approximate surface area is 98.1 Å². The molecular formula is C12H8ClN3. The first kappa shape index (κ1) is 10.5. The minimum absolute atomic E-state index is 0.473. The largest absolute Gasteiger partial charge is 0.399 e. The second-order valence-electron chi connectivity index (χ2n) is 3.25. The molecule has 0 amide bonds. The predicted molar refractivity (Wildman–Crippen MR) is 63.8 cm³/mol. The van der Waals surface area contributed by atoms with Crippen molar-refractivity contribution in [3.63, 3.8) is 0 Å². The highest BCUT2D eigenvalue weighted by Crippen LogP contribution is 2.28. The van der Waals surface area contributed by atoms with E-state index in [4.69, 9.17) is 22.6 Å². The van der Waals surface area contributed by atoms with Crippen LogP contribution in [0.3, 0.4) is 0 Å². The topological polar surface area (TPSA) is 62.7 Å². The maximum absolute atomic E-state index is 9.02. The quantitative estimate of drug-likeness (QED) is 0.765. The summed E-state index contributed by atoms with van der Waals surface area (Å²) in [5.74, 6) is 0. The maximum atomic E-state index is 9.02. The number of nitrogens with two attached hydrogens (primary N) is 1. The minimum atomic E-state index is 0.473. The van der Waals surface area contributed by atoms with Crippen LogP contribution in [0.5, 0.6) is 0 Å². The third kappa shape index (κ3) is 1.83. The van der Waals surface area contributed by atoms with E-state index in [0.29, 0.717) is 27.5 Å². The highest BCUT2D eigenvalue weighted by molar-refractivity contribution is 6.33. The van der Waals surface area contributed by atoms with Crippen LogP contribution in [-0.4, -0.2) is 4.98 Å². The Bertz CT molecular complexity index is 573. The van der Waals surface area contributed by atoms with E-state index in [1.54, 1.807) is 36.5 Å². The van der Waals surface area contributed by atoms with Crippen LogP contribution in [0.2, 0.25) is 5.02 Å². The van der Waals surface area contributed by atoms with Crippen molar-refractivity contribution in [2.75, 3.05) is 5.73 Å². The summed E-state index contributed by atoms with van der Waals surface area (Å²) < 4.78 is 0. The van der Waals surface area contributed by atoms with E-state index in [2.05, 4.69) is 11.1 Å². The van der Waals surface area contributed by atoms with Crippen LogP contribution in [0.4, 0.5) is 5.69 Å². The molecule has 16 heavy (non-hydrogen) atoms. The molecule has 0 spiro atoms. The van der Waals surface area contributed by atoms with Crippen LogP contribution in [-0.2, 0) is 0 Å². The standard InChI is InChI=1S/C12H8ClN3/c13-11-2-1-5-16-12(11)10-4-3-9(15)6-8(10)7-14/h1-6H,15H2. The Hall–Kier alpha value is -2.05. The number of benzene rings is 1. The van der Waals surface area contributed by atoms with Gasteiger partial charge >= 0.3 is 0 Å². The van der Waals surface area contributed by atoms with Crippen molar-refractivity contribution in [3.05, 3.63) is 47.1 Å². The highest BCUT2D eigenvalue weighted by atomic mass is 35.5. The summed E-state index contributed by atoms with van der Waals surface area (Å²) in [4.78, 5) is 4.16. The number of hydrogen-bond acceptors (Lipinski definition) is 3. The maximum Gasteiger partial charge on any atom is 0.0999 e. The average Bonchev–Trinajstić information content (AvgIpc) is 2.30. The molecule has 0 radical (unpaired) electrons. The summed E-state index contributed by atoms with van der Waals surface area (Å²) in [5, 5.41) is 9.54. The average molecular weight is 230 g/mol. The van der Waals surface area contributed by atoms with E-state index in [-0.39, 0.29) is 0 Å². The lowest BCUT2D eigenvalue weighted by Gasteiger charge is -2.05. The molecule has 2 aromatic rings. The van der Waals surface area contributed by atoms with Crippen LogP contribution >= 0.6 is 11.6 Å². The molecule has 1 heterocycles. The molecule has 78 valence electrons.